The molecule has 5 heteroatoms. The summed E-state index contributed by atoms with van der Waals surface area (Å²) in [6, 6.07) is 10.4. The summed E-state index contributed by atoms with van der Waals surface area (Å²) in [7, 11) is 0. The van der Waals surface area contributed by atoms with Crippen LogP contribution in [0.4, 0.5) is 0 Å². The molecule has 1 saturated carbocycles. The van der Waals surface area contributed by atoms with E-state index in [1.165, 1.54) is 18.4 Å². The van der Waals surface area contributed by atoms with Crippen molar-refractivity contribution in [3.05, 3.63) is 47.1 Å². The lowest BCUT2D eigenvalue weighted by Gasteiger charge is -2.36. The lowest BCUT2D eigenvalue weighted by molar-refractivity contribution is 0.154. The molecule has 0 N–H and O–H groups in total. The fraction of sp³-hybridized carbons (Fsp3) is 0.526. The maximum atomic E-state index is 8.94. The zero-order valence-electron chi connectivity index (χ0n) is 14.0. The summed E-state index contributed by atoms with van der Waals surface area (Å²) < 4.78 is 5.44. The molecular formula is C19H22N4O. The number of aromatic nitrogens is 2. The van der Waals surface area contributed by atoms with E-state index in [1.54, 1.807) is 0 Å². The quantitative estimate of drug-likeness (QED) is 0.857. The third-order valence-corrected chi connectivity index (χ3v) is 5.27. The van der Waals surface area contributed by atoms with Gasteiger partial charge in [-0.3, -0.25) is 4.90 Å². The number of rotatable bonds is 4. The second-order valence-corrected chi connectivity index (χ2v) is 7.01. The first-order valence-corrected chi connectivity index (χ1v) is 8.82. The average Bonchev–Trinajstić information content (AvgIpc) is 3.38. The SMILES string of the molecule is C[C@H](c1ccc(C#N)cc1)N1CCC[C@@H](c2noc(C3CC3)n2)C1. The maximum Gasteiger partial charge on any atom is 0.229 e. The highest BCUT2D eigenvalue weighted by Gasteiger charge is 2.32. The van der Waals surface area contributed by atoms with Crippen LogP contribution in [0.1, 0.15) is 73.3 Å². The van der Waals surface area contributed by atoms with Gasteiger partial charge in [-0.1, -0.05) is 17.3 Å². The molecule has 4 rings (SSSR count). The van der Waals surface area contributed by atoms with E-state index < -0.39 is 0 Å². The van der Waals surface area contributed by atoms with Gasteiger partial charge in [0, 0.05) is 24.4 Å². The van der Waals surface area contributed by atoms with Crippen LogP contribution in [0.5, 0.6) is 0 Å². The summed E-state index contributed by atoms with van der Waals surface area (Å²) in [6.45, 7) is 4.28. The Hall–Kier alpha value is -2.19. The van der Waals surface area contributed by atoms with Crippen LogP contribution in [-0.2, 0) is 0 Å². The van der Waals surface area contributed by atoms with E-state index in [-0.39, 0.29) is 0 Å². The molecule has 2 aliphatic rings. The largest absolute Gasteiger partial charge is 0.339 e. The van der Waals surface area contributed by atoms with Crippen molar-refractivity contribution in [2.45, 2.75) is 50.5 Å². The van der Waals surface area contributed by atoms with Gasteiger partial charge in [-0.2, -0.15) is 10.2 Å². The van der Waals surface area contributed by atoms with Gasteiger partial charge in [0.25, 0.3) is 0 Å². The first-order chi connectivity index (χ1) is 11.7. The maximum absolute atomic E-state index is 8.94. The number of nitriles is 1. The van der Waals surface area contributed by atoms with Crippen molar-refractivity contribution in [1.29, 1.82) is 5.26 Å². The minimum atomic E-state index is 0.329. The summed E-state index contributed by atoms with van der Waals surface area (Å²) in [5.74, 6) is 2.59. The van der Waals surface area contributed by atoms with Gasteiger partial charge in [0.15, 0.2) is 5.82 Å². The van der Waals surface area contributed by atoms with E-state index in [0.717, 1.165) is 37.6 Å². The molecule has 2 heterocycles. The van der Waals surface area contributed by atoms with Gasteiger partial charge in [-0.15, -0.1) is 0 Å². The lowest BCUT2D eigenvalue weighted by atomic mass is 9.94. The van der Waals surface area contributed by atoms with Crippen LogP contribution in [0.25, 0.3) is 0 Å². The summed E-state index contributed by atoms with van der Waals surface area (Å²) in [5.41, 5.74) is 1.96. The van der Waals surface area contributed by atoms with E-state index in [9.17, 15) is 0 Å². The summed E-state index contributed by atoms with van der Waals surface area (Å²) in [5, 5.41) is 13.2. The lowest BCUT2D eigenvalue weighted by Crippen LogP contribution is -2.36. The van der Waals surface area contributed by atoms with Crippen LogP contribution < -0.4 is 0 Å². The van der Waals surface area contributed by atoms with E-state index in [0.29, 0.717) is 23.4 Å². The third kappa shape index (κ3) is 3.07. The Balaban J connectivity index is 1.45. The minimum absolute atomic E-state index is 0.329. The van der Waals surface area contributed by atoms with Gasteiger partial charge in [0.05, 0.1) is 11.6 Å². The fourth-order valence-electron chi connectivity index (χ4n) is 3.53. The van der Waals surface area contributed by atoms with Gasteiger partial charge in [0.1, 0.15) is 0 Å². The molecule has 124 valence electrons. The van der Waals surface area contributed by atoms with E-state index in [4.69, 9.17) is 9.78 Å². The molecule has 1 aliphatic heterocycles. The highest BCUT2D eigenvalue weighted by molar-refractivity contribution is 5.32. The molecule has 2 aromatic rings. The van der Waals surface area contributed by atoms with Crippen molar-refractivity contribution in [2.24, 2.45) is 0 Å². The Morgan fingerprint density at radius 2 is 2.00 bits per heavy atom. The Morgan fingerprint density at radius 3 is 2.71 bits per heavy atom. The second kappa shape index (κ2) is 6.37. The van der Waals surface area contributed by atoms with Crippen molar-refractivity contribution >= 4 is 0 Å². The van der Waals surface area contributed by atoms with Gasteiger partial charge < -0.3 is 4.52 Å². The fourth-order valence-corrected chi connectivity index (χ4v) is 3.53. The third-order valence-electron chi connectivity index (χ3n) is 5.27. The highest BCUT2D eigenvalue weighted by Crippen LogP contribution is 2.40. The number of benzene rings is 1. The predicted octanol–water partition coefficient (Wildman–Crippen LogP) is 3.76. The molecule has 24 heavy (non-hydrogen) atoms. The Kier molecular flexibility index (Phi) is 4.07. The van der Waals surface area contributed by atoms with Crippen molar-refractivity contribution in [3.63, 3.8) is 0 Å². The molecule has 2 fully saturated rings. The zero-order valence-corrected chi connectivity index (χ0v) is 14.0. The first kappa shape index (κ1) is 15.3. The van der Waals surface area contributed by atoms with Crippen molar-refractivity contribution in [3.8, 4) is 6.07 Å². The topological polar surface area (TPSA) is 66.0 Å². The van der Waals surface area contributed by atoms with Crippen LogP contribution >= 0.6 is 0 Å². The molecule has 1 aromatic heterocycles. The molecule has 1 aliphatic carbocycles. The van der Waals surface area contributed by atoms with Gasteiger partial charge >= 0.3 is 0 Å². The molecule has 1 saturated heterocycles. The van der Waals surface area contributed by atoms with Crippen molar-refractivity contribution in [2.75, 3.05) is 13.1 Å². The standard InChI is InChI=1S/C19H22N4O/c1-13(15-6-4-14(11-20)5-7-15)23-10-2-3-17(12-23)18-21-19(24-22-18)16-8-9-16/h4-7,13,16-17H,2-3,8-10,12H2,1H3/t13-,17-/m1/s1. The number of hydrogen-bond donors (Lipinski definition) is 0. The van der Waals surface area contributed by atoms with Crippen LogP contribution in [0.2, 0.25) is 0 Å². The highest BCUT2D eigenvalue weighted by atomic mass is 16.5. The van der Waals surface area contributed by atoms with Crippen LogP contribution in [0.15, 0.2) is 28.8 Å². The normalized spacial score (nSPS) is 22.9. The van der Waals surface area contributed by atoms with Crippen LogP contribution in [0, 0.1) is 11.3 Å². The van der Waals surface area contributed by atoms with E-state index in [1.807, 2.05) is 12.1 Å². The van der Waals surface area contributed by atoms with Crippen LogP contribution in [0.3, 0.4) is 0 Å². The van der Waals surface area contributed by atoms with Crippen LogP contribution in [-0.4, -0.2) is 28.1 Å². The summed E-state index contributed by atoms with van der Waals surface area (Å²) in [6.07, 6.45) is 4.65. The molecule has 0 spiro atoms. The van der Waals surface area contributed by atoms with Gasteiger partial charge in [-0.25, -0.2) is 0 Å². The zero-order chi connectivity index (χ0) is 16.5. The number of piperidine rings is 1. The minimum Gasteiger partial charge on any atom is -0.339 e. The Bertz CT molecular complexity index is 741. The molecule has 0 amide bonds. The summed E-state index contributed by atoms with van der Waals surface area (Å²) >= 11 is 0. The molecule has 0 bridgehead atoms. The van der Waals surface area contributed by atoms with E-state index in [2.05, 4.69) is 40.2 Å². The molecule has 2 atom stereocenters. The molecule has 1 aromatic carbocycles. The van der Waals surface area contributed by atoms with Gasteiger partial charge in [-0.05, 0) is 56.8 Å². The monoisotopic (exact) mass is 322 g/mol. The predicted molar refractivity (Wildman–Crippen MR) is 89.4 cm³/mol. The first-order valence-electron chi connectivity index (χ1n) is 8.82. The smallest absolute Gasteiger partial charge is 0.229 e. The molecule has 0 unspecified atom stereocenters. The second-order valence-electron chi connectivity index (χ2n) is 7.01. The van der Waals surface area contributed by atoms with Crippen molar-refractivity contribution in [1.82, 2.24) is 15.0 Å². The molecule has 0 radical (unpaired) electrons. The Labute approximate surface area is 142 Å². The number of likely N-dealkylation sites (tertiary alicyclic amines) is 1. The van der Waals surface area contributed by atoms with Crippen molar-refractivity contribution < 1.29 is 4.52 Å². The number of nitrogens with zero attached hydrogens (tertiary/aromatic N) is 4. The summed E-state index contributed by atoms with van der Waals surface area (Å²) in [4.78, 5) is 7.13. The molecule has 5 nitrogen and oxygen atoms in total. The molecular weight excluding hydrogens is 300 g/mol. The number of hydrogen-bond acceptors (Lipinski definition) is 5. The van der Waals surface area contributed by atoms with Gasteiger partial charge in [0.2, 0.25) is 5.89 Å². The average molecular weight is 322 g/mol. The Morgan fingerprint density at radius 1 is 1.21 bits per heavy atom. The van der Waals surface area contributed by atoms with E-state index >= 15 is 0 Å².